The van der Waals surface area contributed by atoms with Gasteiger partial charge in [0.1, 0.15) is 12.1 Å². The number of rotatable bonds is 3. The first-order valence-electron chi connectivity index (χ1n) is 5.06. The van der Waals surface area contributed by atoms with Crippen molar-refractivity contribution < 1.29 is 9.66 Å². The number of nitrogens with two attached hydrogens (primary N) is 1. The lowest BCUT2D eigenvalue weighted by Gasteiger charge is -2.05. The molecule has 1 heterocycles. The topological polar surface area (TPSA) is 104 Å². The Morgan fingerprint density at radius 3 is 2.78 bits per heavy atom. The van der Waals surface area contributed by atoms with E-state index >= 15 is 0 Å². The molecule has 1 aromatic heterocycles. The molecule has 2 rings (SSSR count). The quantitative estimate of drug-likeness (QED) is 0.656. The lowest BCUT2D eigenvalue weighted by Crippen LogP contribution is -1.97. The largest absolute Gasteiger partial charge is 0.432 e. The average Bonchev–Trinajstić information content (AvgIpc) is 2.31. The van der Waals surface area contributed by atoms with E-state index < -0.39 is 4.92 Å². The minimum absolute atomic E-state index is 0.115. The van der Waals surface area contributed by atoms with E-state index in [9.17, 15) is 10.1 Å². The highest BCUT2D eigenvalue weighted by atomic mass is 16.6. The molecule has 0 radical (unpaired) electrons. The number of nitro benzene ring substituents is 1. The maximum absolute atomic E-state index is 10.9. The number of hydrogen-bond donors (Lipinski definition) is 1. The second-order valence-electron chi connectivity index (χ2n) is 3.61. The van der Waals surface area contributed by atoms with Crippen LogP contribution in [0.3, 0.4) is 0 Å². The van der Waals surface area contributed by atoms with Crippen LogP contribution in [-0.4, -0.2) is 14.9 Å². The predicted molar refractivity (Wildman–Crippen MR) is 64.4 cm³/mol. The molecule has 0 aliphatic heterocycles. The van der Waals surface area contributed by atoms with Gasteiger partial charge in [0, 0.05) is 12.1 Å². The Labute approximate surface area is 102 Å². The highest BCUT2D eigenvalue weighted by molar-refractivity contribution is 5.50. The van der Waals surface area contributed by atoms with Gasteiger partial charge in [-0.2, -0.15) is 0 Å². The number of hydrogen-bond acceptors (Lipinski definition) is 6. The first-order valence-corrected chi connectivity index (χ1v) is 5.06. The fourth-order valence-electron chi connectivity index (χ4n) is 1.38. The van der Waals surface area contributed by atoms with Gasteiger partial charge in [-0.05, 0) is 18.6 Å². The van der Waals surface area contributed by atoms with Gasteiger partial charge in [0.25, 0.3) is 0 Å². The van der Waals surface area contributed by atoms with Crippen LogP contribution in [0, 0.1) is 17.0 Å². The summed E-state index contributed by atoms with van der Waals surface area (Å²) in [6.07, 6.45) is 1.23. The van der Waals surface area contributed by atoms with E-state index in [1.54, 1.807) is 13.0 Å². The monoisotopic (exact) mass is 246 g/mol. The van der Waals surface area contributed by atoms with Gasteiger partial charge in [-0.3, -0.25) is 10.1 Å². The van der Waals surface area contributed by atoms with E-state index in [0.29, 0.717) is 0 Å². The van der Waals surface area contributed by atoms with Gasteiger partial charge in [0.15, 0.2) is 0 Å². The first kappa shape index (κ1) is 11.8. The highest BCUT2D eigenvalue weighted by Crippen LogP contribution is 2.31. The Morgan fingerprint density at radius 2 is 2.11 bits per heavy atom. The summed E-state index contributed by atoms with van der Waals surface area (Å²) in [4.78, 5) is 17.9. The van der Waals surface area contributed by atoms with Gasteiger partial charge in [0.2, 0.25) is 11.6 Å². The van der Waals surface area contributed by atoms with Gasteiger partial charge in [-0.1, -0.05) is 6.07 Å². The summed E-state index contributed by atoms with van der Waals surface area (Å²) in [5.74, 6) is 0.507. The number of nitrogen functional groups attached to an aromatic ring is 1. The molecule has 0 aliphatic carbocycles. The smallest absolute Gasteiger partial charge is 0.311 e. The molecule has 0 saturated carbocycles. The van der Waals surface area contributed by atoms with Gasteiger partial charge in [0.05, 0.1) is 4.92 Å². The number of benzene rings is 1. The first-order chi connectivity index (χ1) is 8.56. The molecule has 7 heteroatoms. The third-order valence-electron chi connectivity index (χ3n) is 2.19. The minimum atomic E-state index is -0.507. The number of aromatic nitrogens is 2. The third kappa shape index (κ3) is 2.51. The summed E-state index contributed by atoms with van der Waals surface area (Å²) in [6, 6.07) is 6.06. The molecule has 1 aromatic carbocycles. The van der Waals surface area contributed by atoms with Crippen LogP contribution in [0.5, 0.6) is 11.6 Å². The van der Waals surface area contributed by atoms with E-state index in [4.69, 9.17) is 10.5 Å². The summed E-state index contributed by atoms with van der Waals surface area (Å²) in [5, 5.41) is 10.9. The van der Waals surface area contributed by atoms with E-state index in [1.807, 2.05) is 0 Å². The van der Waals surface area contributed by atoms with Crippen molar-refractivity contribution in [1.82, 2.24) is 9.97 Å². The molecule has 0 fully saturated rings. The van der Waals surface area contributed by atoms with Crippen molar-refractivity contribution in [2.45, 2.75) is 6.92 Å². The molecule has 0 bridgehead atoms. The Hall–Kier alpha value is -2.70. The Balaban J connectivity index is 2.37. The van der Waals surface area contributed by atoms with Crippen molar-refractivity contribution in [1.29, 1.82) is 0 Å². The fraction of sp³-hybridized carbons (Fsp3) is 0.0909. The Morgan fingerprint density at radius 1 is 1.33 bits per heavy atom. The van der Waals surface area contributed by atoms with Crippen molar-refractivity contribution in [3.05, 3.63) is 46.3 Å². The lowest BCUT2D eigenvalue weighted by atomic mass is 10.2. The summed E-state index contributed by atoms with van der Waals surface area (Å²) < 4.78 is 5.33. The zero-order valence-corrected chi connectivity index (χ0v) is 9.53. The number of aryl methyl sites for hydroxylation is 1. The van der Waals surface area contributed by atoms with Crippen LogP contribution in [0.15, 0.2) is 30.6 Å². The van der Waals surface area contributed by atoms with E-state index in [2.05, 4.69) is 9.97 Å². The highest BCUT2D eigenvalue weighted by Gasteiger charge is 2.16. The molecular formula is C11H10N4O3. The summed E-state index contributed by atoms with van der Waals surface area (Å²) in [6.45, 7) is 1.76. The van der Waals surface area contributed by atoms with Gasteiger partial charge >= 0.3 is 5.69 Å². The SMILES string of the molecule is Cc1ccc(Oc2cc(N)ncn2)c([N+](=O)[O-])c1. The standard InChI is InChI=1S/C11H10N4O3/c1-7-2-3-9(8(4-7)15(16)17)18-11-5-10(12)13-6-14-11/h2-6H,1H3,(H2,12,13,14). The van der Waals surface area contributed by atoms with Crippen LogP contribution >= 0.6 is 0 Å². The zero-order chi connectivity index (χ0) is 13.1. The molecule has 2 aromatic rings. The normalized spacial score (nSPS) is 10.1. The number of nitro groups is 1. The molecule has 18 heavy (non-hydrogen) atoms. The second-order valence-corrected chi connectivity index (χ2v) is 3.61. The van der Waals surface area contributed by atoms with Crippen LogP contribution in [0.1, 0.15) is 5.56 Å². The van der Waals surface area contributed by atoms with Crippen molar-refractivity contribution >= 4 is 11.5 Å². The molecule has 0 saturated heterocycles. The van der Waals surface area contributed by atoms with E-state index in [0.717, 1.165) is 5.56 Å². The Bertz CT molecular complexity index is 601. The van der Waals surface area contributed by atoms with Crippen LogP contribution in [0.4, 0.5) is 11.5 Å². The van der Waals surface area contributed by atoms with Crippen molar-refractivity contribution in [3.8, 4) is 11.6 Å². The van der Waals surface area contributed by atoms with Crippen molar-refractivity contribution in [3.63, 3.8) is 0 Å². The number of nitrogens with zero attached hydrogens (tertiary/aromatic N) is 3. The summed E-state index contributed by atoms with van der Waals surface area (Å²) in [5.41, 5.74) is 6.13. The molecule has 0 atom stereocenters. The van der Waals surface area contributed by atoms with Gasteiger partial charge in [-0.15, -0.1) is 0 Å². The van der Waals surface area contributed by atoms with Crippen LogP contribution in [-0.2, 0) is 0 Å². The van der Waals surface area contributed by atoms with Crippen LogP contribution in [0.25, 0.3) is 0 Å². The van der Waals surface area contributed by atoms with E-state index in [-0.39, 0.29) is 23.1 Å². The lowest BCUT2D eigenvalue weighted by molar-refractivity contribution is -0.385. The average molecular weight is 246 g/mol. The zero-order valence-electron chi connectivity index (χ0n) is 9.53. The number of ether oxygens (including phenoxy) is 1. The van der Waals surface area contributed by atoms with Crippen LogP contribution < -0.4 is 10.5 Å². The fourth-order valence-corrected chi connectivity index (χ4v) is 1.38. The third-order valence-corrected chi connectivity index (χ3v) is 2.19. The molecule has 92 valence electrons. The molecule has 0 aliphatic rings. The summed E-state index contributed by atoms with van der Waals surface area (Å²) >= 11 is 0. The van der Waals surface area contributed by atoms with Crippen molar-refractivity contribution in [2.75, 3.05) is 5.73 Å². The molecule has 0 spiro atoms. The molecular weight excluding hydrogens is 236 g/mol. The number of anilines is 1. The maximum Gasteiger partial charge on any atom is 0.311 e. The molecule has 7 nitrogen and oxygen atoms in total. The second kappa shape index (κ2) is 4.66. The maximum atomic E-state index is 10.9. The molecule has 0 amide bonds. The Kier molecular flexibility index (Phi) is 3.05. The van der Waals surface area contributed by atoms with E-state index in [1.165, 1.54) is 24.5 Å². The van der Waals surface area contributed by atoms with Crippen LogP contribution in [0.2, 0.25) is 0 Å². The minimum Gasteiger partial charge on any atom is -0.432 e. The van der Waals surface area contributed by atoms with Crippen molar-refractivity contribution in [2.24, 2.45) is 0 Å². The summed E-state index contributed by atoms with van der Waals surface area (Å²) in [7, 11) is 0. The predicted octanol–water partition coefficient (Wildman–Crippen LogP) is 2.07. The molecule has 2 N–H and O–H groups in total. The van der Waals surface area contributed by atoms with Gasteiger partial charge < -0.3 is 10.5 Å². The van der Waals surface area contributed by atoms with Gasteiger partial charge in [-0.25, -0.2) is 9.97 Å². The molecule has 0 unspecified atom stereocenters.